The monoisotopic (exact) mass is 817 g/mol. The van der Waals surface area contributed by atoms with E-state index >= 15 is 0 Å². The number of amides is 6. The molecule has 58 heavy (non-hydrogen) atoms. The van der Waals surface area contributed by atoms with Crippen molar-refractivity contribution in [1.29, 1.82) is 0 Å². The number of nitrogens with zero attached hydrogens (tertiary/aromatic N) is 3. The van der Waals surface area contributed by atoms with Gasteiger partial charge < -0.3 is 45.4 Å². The summed E-state index contributed by atoms with van der Waals surface area (Å²) in [7, 11) is 2.81. The fraction of sp³-hybridized carbons (Fsp3) is 0.590. The summed E-state index contributed by atoms with van der Waals surface area (Å²) >= 11 is 0. The molecular formula is C39H53F2N7O10. The van der Waals surface area contributed by atoms with Gasteiger partial charge in [-0.05, 0) is 69.8 Å². The largest absolute Gasteiger partial charge is 0.462 e. The van der Waals surface area contributed by atoms with Gasteiger partial charge in [0.25, 0.3) is 0 Å². The molecule has 6 amide bonds. The van der Waals surface area contributed by atoms with Crippen LogP contribution in [-0.4, -0.2) is 145 Å². The zero-order chi connectivity index (χ0) is 42.5. The van der Waals surface area contributed by atoms with Gasteiger partial charge in [-0.3, -0.25) is 33.6 Å². The van der Waals surface area contributed by atoms with Crippen LogP contribution < -0.4 is 21.3 Å². The highest BCUT2D eigenvalue weighted by atomic mass is 19.1. The Morgan fingerprint density at radius 1 is 0.983 bits per heavy atom. The van der Waals surface area contributed by atoms with Gasteiger partial charge in [0.1, 0.15) is 61.1 Å². The van der Waals surface area contributed by atoms with E-state index in [0.29, 0.717) is 25.3 Å². The first-order chi connectivity index (χ1) is 27.6. The standard InChI is InChI=1S/C39H53F2N7O10/c1-5-6-7-8-13-32(49)44-27(18-24-16-25(40)19-26(41)17-24)34(51)45-28-21-58-39(56)30-12-10-15-48(30)36(53)23(2)43-35(52)31(22-57-33(50)20-42-3)46(4)38(55)29-11-9-14-47(29)37(28)54/h8,13,16-17,19,23,27-31,42H,5-7,9-12,14-15,18,20-22H2,1-4H3,(H,43,52)(H,44,49)(H,45,51)/b13-8+/t23-,27-,28-,29-,30-,31-/m0/s1. The van der Waals surface area contributed by atoms with Crippen molar-refractivity contribution in [2.24, 2.45) is 0 Å². The van der Waals surface area contributed by atoms with E-state index in [4.69, 9.17) is 9.47 Å². The van der Waals surface area contributed by atoms with Crippen LogP contribution in [0.3, 0.4) is 0 Å². The minimum absolute atomic E-state index is 0.0207. The van der Waals surface area contributed by atoms with Crippen molar-refractivity contribution >= 4 is 47.4 Å². The van der Waals surface area contributed by atoms with Crippen molar-refractivity contribution in [3.8, 4) is 0 Å². The number of cyclic esters (lactones) is 1. The molecule has 0 unspecified atom stereocenters. The second-order valence-electron chi connectivity index (χ2n) is 14.6. The average Bonchev–Trinajstić information content (AvgIpc) is 3.87. The number of nitrogens with one attached hydrogen (secondary N) is 4. The first kappa shape index (κ1) is 45.2. The van der Waals surface area contributed by atoms with Gasteiger partial charge in [0, 0.05) is 32.6 Å². The molecule has 3 aliphatic heterocycles. The Morgan fingerprint density at radius 3 is 2.29 bits per heavy atom. The molecule has 3 heterocycles. The number of halogens is 2. The molecule has 4 N–H and O–H groups in total. The predicted molar refractivity (Wildman–Crippen MR) is 202 cm³/mol. The maximum Gasteiger partial charge on any atom is 0.328 e. The molecule has 0 radical (unpaired) electrons. The van der Waals surface area contributed by atoms with E-state index in [-0.39, 0.29) is 38.0 Å². The zero-order valence-electron chi connectivity index (χ0n) is 33.2. The maximum absolute atomic E-state index is 14.4. The van der Waals surface area contributed by atoms with Gasteiger partial charge in [0.05, 0.1) is 6.54 Å². The molecule has 6 atom stereocenters. The van der Waals surface area contributed by atoms with Crippen LogP contribution in [0.1, 0.15) is 64.4 Å². The normalized spacial score (nSPS) is 23.9. The van der Waals surface area contributed by atoms with E-state index in [1.165, 1.54) is 36.9 Å². The van der Waals surface area contributed by atoms with E-state index in [2.05, 4.69) is 21.3 Å². The van der Waals surface area contributed by atoms with Crippen molar-refractivity contribution in [1.82, 2.24) is 36.0 Å². The molecule has 0 aromatic heterocycles. The van der Waals surface area contributed by atoms with E-state index in [1.807, 2.05) is 6.92 Å². The highest BCUT2D eigenvalue weighted by Crippen LogP contribution is 2.24. The van der Waals surface area contributed by atoms with Crippen LogP contribution >= 0.6 is 0 Å². The Kier molecular flexibility index (Phi) is 16.6. The lowest BCUT2D eigenvalue weighted by Gasteiger charge is -2.35. The number of allylic oxidation sites excluding steroid dienone is 1. The topological polar surface area (TPSA) is 213 Å². The predicted octanol–water partition coefficient (Wildman–Crippen LogP) is -0.144. The number of likely N-dealkylation sites (N-methyl/N-ethyl adjacent to an activating group) is 2. The number of fused-ring (bicyclic) bond motifs is 2. The lowest BCUT2D eigenvalue weighted by atomic mass is 10.0. The van der Waals surface area contributed by atoms with Gasteiger partial charge in [-0.25, -0.2) is 13.6 Å². The van der Waals surface area contributed by atoms with Crippen molar-refractivity contribution in [2.45, 2.75) is 101 Å². The zero-order valence-corrected chi connectivity index (χ0v) is 33.2. The number of hydrogen-bond donors (Lipinski definition) is 4. The maximum atomic E-state index is 14.4. The molecule has 3 saturated heterocycles. The van der Waals surface area contributed by atoms with Crippen LogP contribution in [0.2, 0.25) is 0 Å². The van der Waals surface area contributed by atoms with Gasteiger partial charge in [0.2, 0.25) is 35.4 Å². The lowest BCUT2D eigenvalue weighted by Crippen LogP contribution is -2.61. The second-order valence-corrected chi connectivity index (χ2v) is 14.6. The van der Waals surface area contributed by atoms with Gasteiger partial charge in [0.15, 0.2) is 0 Å². The van der Waals surface area contributed by atoms with Crippen LogP contribution in [0, 0.1) is 11.6 Å². The van der Waals surface area contributed by atoms with Crippen LogP contribution in [-0.2, 0) is 54.3 Å². The summed E-state index contributed by atoms with van der Waals surface area (Å²) in [5.74, 6) is -8.09. The van der Waals surface area contributed by atoms with E-state index in [0.717, 1.165) is 29.9 Å². The van der Waals surface area contributed by atoms with Crippen molar-refractivity contribution in [3.63, 3.8) is 0 Å². The molecule has 0 spiro atoms. The number of carbonyl (C=O) groups is 8. The molecule has 19 heteroatoms. The fourth-order valence-corrected chi connectivity index (χ4v) is 7.12. The number of carbonyl (C=O) groups excluding carboxylic acids is 8. The van der Waals surface area contributed by atoms with Gasteiger partial charge in [-0.15, -0.1) is 0 Å². The molecule has 0 saturated carbocycles. The third-order valence-corrected chi connectivity index (χ3v) is 10.2. The number of hydrogen-bond acceptors (Lipinski definition) is 11. The highest BCUT2D eigenvalue weighted by molar-refractivity contribution is 5.98. The molecule has 1 aromatic carbocycles. The Hall–Kier alpha value is -5.46. The Morgan fingerprint density at radius 2 is 1.64 bits per heavy atom. The molecule has 318 valence electrons. The molecule has 17 nitrogen and oxygen atoms in total. The molecule has 0 bridgehead atoms. The quantitative estimate of drug-likeness (QED) is 0.117. The summed E-state index contributed by atoms with van der Waals surface area (Å²) in [6.45, 7) is 2.05. The molecule has 1 aromatic rings. The Labute approximate surface area is 335 Å². The van der Waals surface area contributed by atoms with E-state index in [1.54, 1.807) is 6.08 Å². The van der Waals surface area contributed by atoms with Crippen molar-refractivity contribution < 1.29 is 56.6 Å². The van der Waals surface area contributed by atoms with Crippen LogP contribution in [0.5, 0.6) is 0 Å². The van der Waals surface area contributed by atoms with Crippen molar-refractivity contribution in [2.75, 3.05) is 46.9 Å². The first-order valence-electron chi connectivity index (χ1n) is 19.5. The summed E-state index contributed by atoms with van der Waals surface area (Å²) in [6, 6.07) is -5.37. The number of esters is 2. The smallest absolute Gasteiger partial charge is 0.328 e. The van der Waals surface area contributed by atoms with Gasteiger partial charge in [-0.2, -0.15) is 0 Å². The molecule has 3 fully saturated rings. The first-order valence-corrected chi connectivity index (χ1v) is 19.5. The SMILES string of the molecule is CCCC/C=C/C(=O)N[C@@H](Cc1cc(F)cc(F)c1)C(=O)N[C@H]1COC(=O)[C@@H]2CCCN2C(=O)[C@H](C)NC(=O)[C@H](COC(=O)CNC)N(C)C(=O)[C@@H]2CCCN2C1=O. The summed E-state index contributed by atoms with van der Waals surface area (Å²) in [5, 5.41) is 10.3. The highest BCUT2D eigenvalue weighted by Gasteiger charge is 2.44. The van der Waals surface area contributed by atoms with Crippen LogP contribution in [0.4, 0.5) is 8.78 Å². The second kappa shape index (κ2) is 21.3. The summed E-state index contributed by atoms with van der Waals surface area (Å²) in [6.07, 6.45) is 5.79. The van der Waals surface area contributed by atoms with Crippen LogP contribution in [0.25, 0.3) is 0 Å². The van der Waals surface area contributed by atoms with E-state index in [9.17, 15) is 47.1 Å². The number of ether oxygens (including phenoxy) is 2. The molecule has 0 aliphatic carbocycles. The summed E-state index contributed by atoms with van der Waals surface area (Å²) in [4.78, 5) is 112. The van der Waals surface area contributed by atoms with Gasteiger partial charge >= 0.3 is 11.9 Å². The number of benzene rings is 1. The number of rotatable bonds is 13. The van der Waals surface area contributed by atoms with Crippen molar-refractivity contribution in [3.05, 3.63) is 47.5 Å². The fourth-order valence-electron chi connectivity index (χ4n) is 7.12. The molecule has 3 aliphatic rings. The van der Waals surface area contributed by atoms with E-state index < -0.39 is 115 Å². The molecular weight excluding hydrogens is 764 g/mol. The third kappa shape index (κ3) is 12.0. The van der Waals surface area contributed by atoms with Crippen LogP contribution in [0.15, 0.2) is 30.4 Å². The third-order valence-electron chi connectivity index (χ3n) is 10.2. The minimum atomic E-state index is -1.64. The van der Waals surface area contributed by atoms with Gasteiger partial charge in [-0.1, -0.05) is 25.8 Å². The summed E-state index contributed by atoms with van der Waals surface area (Å²) < 4.78 is 39.3. The lowest BCUT2D eigenvalue weighted by molar-refractivity contribution is -0.158. The minimum Gasteiger partial charge on any atom is -0.462 e. The Balaban J connectivity index is 1.69. The molecule has 4 rings (SSSR count). The summed E-state index contributed by atoms with van der Waals surface area (Å²) in [5.41, 5.74) is 0.0207. The Bertz CT molecular complexity index is 1730. The number of unbranched alkanes of at least 4 members (excludes halogenated alkanes) is 2. The average molecular weight is 818 g/mol.